The number of fused-ring (bicyclic) bond motifs is 1. The molecule has 0 aliphatic rings. The standard InChI is InChI=1S/C12H14N6/c1-9-6-11(18-12(7-9)16-8-17-18)15-3-2-10-13-4-5-14-10/h4-8,15H,2-3H2,1H3,(H,13,14). The first-order chi connectivity index (χ1) is 8.83. The second kappa shape index (κ2) is 4.48. The van der Waals surface area contributed by atoms with Gasteiger partial charge in [0.2, 0.25) is 0 Å². The molecule has 92 valence electrons. The maximum absolute atomic E-state index is 4.20. The number of pyridine rings is 1. The highest BCUT2D eigenvalue weighted by atomic mass is 15.3. The topological polar surface area (TPSA) is 70.9 Å². The predicted molar refractivity (Wildman–Crippen MR) is 68.5 cm³/mol. The Balaban J connectivity index is 1.75. The highest BCUT2D eigenvalue weighted by Crippen LogP contribution is 2.12. The normalized spacial score (nSPS) is 10.9. The molecule has 6 nitrogen and oxygen atoms in total. The Hall–Kier alpha value is -2.37. The Bertz CT molecular complexity index is 640. The van der Waals surface area contributed by atoms with E-state index < -0.39 is 0 Å². The van der Waals surface area contributed by atoms with Gasteiger partial charge in [-0.25, -0.2) is 9.97 Å². The Morgan fingerprint density at radius 2 is 2.28 bits per heavy atom. The number of anilines is 1. The van der Waals surface area contributed by atoms with Crippen molar-refractivity contribution in [2.24, 2.45) is 0 Å². The zero-order valence-electron chi connectivity index (χ0n) is 10.1. The van der Waals surface area contributed by atoms with E-state index in [1.54, 1.807) is 17.0 Å². The first kappa shape index (κ1) is 10.8. The number of hydrogen-bond acceptors (Lipinski definition) is 4. The molecular formula is C12H14N6. The molecular weight excluding hydrogens is 228 g/mol. The Labute approximate surface area is 104 Å². The van der Waals surface area contributed by atoms with Gasteiger partial charge < -0.3 is 10.3 Å². The fraction of sp³-hybridized carbons (Fsp3) is 0.250. The van der Waals surface area contributed by atoms with Crippen LogP contribution in [0.5, 0.6) is 0 Å². The molecule has 18 heavy (non-hydrogen) atoms. The average molecular weight is 242 g/mol. The second-order valence-electron chi connectivity index (χ2n) is 4.16. The van der Waals surface area contributed by atoms with Crippen molar-refractivity contribution < 1.29 is 0 Å². The van der Waals surface area contributed by atoms with Crippen LogP contribution in [0.15, 0.2) is 30.9 Å². The van der Waals surface area contributed by atoms with Crippen molar-refractivity contribution >= 4 is 11.5 Å². The number of aryl methyl sites for hydroxylation is 1. The molecule has 0 aliphatic carbocycles. The van der Waals surface area contributed by atoms with Gasteiger partial charge in [0.1, 0.15) is 18.0 Å². The maximum atomic E-state index is 4.20. The lowest BCUT2D eigenvalue weighted by Crippen LogP contribution is -2.10. The number of aromatic amines is 1. The number of H-pyrrole nitrogens is 1. The van der Waals surface area contributed by atoms with Gasteiger partial charge in [0.15, 0.2) is 5.65 Å². The Kier molecular flexibility index (Phi) is 2.68. The predicted octanol–water partition coefficient (Wildman–Crippen LogP) is 1.42. The molecule has 0 spiro atoms. The molecule has 0 aliphatic heterocycles. The van der Waals surface area contributed by atoms with Gasteiger partial charge in [-0.3, -0.25) is 0 Å². The summed E-state index contributed by atoms with van der Waals surface area (Å²) in [5, 5.41) is 7.55. The minimum Gasteiger partial charge on any atom is -0.369 e. The van der Waals surface area contributed by atoms with Crippen LogP contribution < -0.4 is 5.32 Å². The van der Waals surface area contributed by atoms with E-state index in [2.05, 4.69) is 31.4 Å². The minimum atomic E-state index is 0.798. The molecule has 3 heterocycles. The summed E-state index contributed by atoms with van der Waals surface area (Å²) in [7, 11) is 0. The van der Waals surface area contributed by atoms with Crippen LogP contribution in [0.2, 0.25) is 0 Å². The van der Waals surface area contributed by atoms with E-state index in [4.69, 9.17) is 0 Å². The molecule has 0 radical (unpaired) electrons. The summed E-state index contributed by atoms with van der Waals surface area (Å²) < 4.78 is 1.80. The monoisotopic (exact) mass is 242 g/mol. The van der Waals surface area contributed by atoms with E-state index in [1.165, 1.54) is 0 Å². The zero-order valence-corrected chi connectivity index (χ0v) is 10.1. The van der Waals surface area contributed by atoms with Gasteiger partial charge in [-0.15, -0.1) is 0 Å². The summed E-state index contributed by atoms with van der Waals surface area (Å²) in [6.45, 7) is 2.85. The van der Waals surface area contributed by atoms with Gasteiger partial charge in [0.25, 0.3) is 0 Å². The summed E-state index contributed by atoms with van der Waals surface area (Å²) in [6.07, 6.45) is 6.00. The molecule has 0 amide bonds. The quantitative estimate of drug-likeness (QED) is 0.725. The highest BCUT2D eigenvalue weighted by Gasteiger charge is 2.03. The van der Waals surface area contributed by atoms with E-state index in [0.29, 0.717) is 0 Å². The summed E-state index contributed by atoms with van der Waals surface area (Å²) in [4.78, 5) is 11.5. The van der Waals surface area contributed by atoms with Crippen LogP contribution in [0.25, 0.3) is 5.65 Å². The van der Waals surface area contributed by atoms with Gasteiger partial charge in [-0.05, 0) is 24.6 Å². The van der Waals surface area contributed by atoms with Gasteiger partial charge in [0, 0.05) is 25.4 Å². The summed E-state index contributed by atoms with van der Waals surface area (Å²) in [6, 6.07) is 4.06. The third-order valence-electron chi connectivity index (χ3n) is 2.75. The van der Waals surface area contributed by atoms with E-state index in [1.807, 2.05) is 19.2 Å². The molecule has 0 saturated carbocycles. The van der Waals surface area contributed by atoms with Crippen LogP contribution in [0.3, 0.4) is 0 Å². The fourth-order valence-electron chi connectivity index (χ4n) is 1.93. The molecule has 3 aromatic heterocycles. The maximum Gasteiger partial charge on any atom is 0.157 e. The van der Waals surface area contributed by atoms with Crippen LogP contribution in [0.4, 0.5) is 5.82 Å². The Morgan fingerprint density at radius 3 is 3.11 bits per heavy atom. The third kappa shape index (κ3) is 2.04. The molecule has 2 N–H and O–H groups in total. The number of imidazole rings is 1. The number of aromatic nitrogens is 5. The van der Waals surface area contributed by atoms with E-state index in [-0.39, 0.29) is 0 Å². The van der Waals surface area contributed by atoms with Gasteiger partial charge in [-0.2, -0.15) is 9.61 Å². The summed E-state index contributed by atoms with van der Waals surface area (Å²) in [5.41, 5.74) is 2.02. The van der Waals surface area contributed by atoms with Gasteiger partial charge in [-0.1, -0.05) is 0 Å². The van der Waals surface area contributed by atoms with E-state index in [0.717, 1.165) is 35.8 Å². The van der Waals surface area contributed by atoms with Crippen molar-refractivity contribution in [2.75, 3.05) is 11.9 Å². The first-order valence-corrected chi connectivity index (χ1v) is 5.85. The third-order valence-corrected chi connectivity index (χ3v) is 2.75. The number of nitrogens with one attached hydrogen (secondary N) is 2. The fourth-order valence-corrected chi connectivity index (χ4v) is 1.93. The Morgan fingerprint density at radius 1 is 1.33 bits per heavy atom. The van der Waals surface area contributed by atoms with Crippen molar-refractivity contribution in [1.29, 1.82) is 0 Å². The van der Waals surface area contributed by atoms with Crippen molar-refractivity contribution in [3.8, 4) is 0 Å². The lowest BCUT2D eigenvalue weighted by Gasteiger charge is -2.08. The number of hydrogen-bond donors (Lipinski definition) is 2. The van der Waals surface area contributed by atoms with Crippen LogP contribution in [0.1, 0.15) is 11.4 Å². The molecule has 0 saturated heterocycles. The van der Waals surface area contributed by atoms with Crippen molar-refractivity contribution in [1.82, 2.24) is 24.6 Å². The van der Waals surface area contributed by atoms with Crippen molar-refractivity contribution in [3.05, 3.63) is 42.2 Å². The number of nitrogens with zero attached hydrogens (tertiary/aromatic N) is 4. The largest absolute Gasteiger partial charge is 0.369 e. The highest BCUT2D eigenvalue weighted by molar-refractivity contribution is 5.51. The lowest BCUT2D eigenvalue weighted by atomic mass is 10.3. The first-order valence-electron chi connectivity index (χ1n) is 5.85. The van der Waals surface area contributed by atoms with Gasteiger partial charge >= 0.3 is 0 Å². The second-order valence-corrected chi connectivity index (χ2v) is 4.16. The molecule has 0 bridgehead atoms. The SMILES string of the molecule is Cc1cc(NCCc2ncc[nH]2)n2ncnc2c1. The molecule has 0 fully saturated rings. The van der Waals surface area contributed by atoms with E-state index >= 15 is 0 Å². The average Bonchev–Trinajstić information content (AvgIpc) is 2.98. The van der Waals surface area contributed by atoms with Crippen LogP contribution >= 0.6 is 0 Å². The van der Waals surface area contributed by atoms with E-state index in [9.17, 15) is 0 Å². The molecule has 3 rings (SSSR count). The molecule has 6 heteroatoms. The molecule has 0 atom stereocenters. The smallest absolute Gasteiger partial charge is 0.157 e. The van der Waals surface area contributed by atoms with Crippen LogP contribution in [0, 0.1) is 6.92 Å². The number of rotatable bonds is 4. The summed E-state index contributed by atoms with van der Waals surface area (Å²) in [5.74, 6) is 1.93. The van der Waals surface area contributed by atoms with Crippen molar-refractivity contribution in [2.45, 2.75) is 13.3 Å². The van der Waals surface area contributed by atoms with Crippen molar-refractivity contribution in [3.63, 3.8) is 0 Å². The molecule has 0 unspecified atom stereocenters. The molecule has 0 aromatic carbocycles. The van der Waals surface area contributed by atoms with Gasteiger partial charge in [0.05, 0.1) is 0 Å². The van der Waals surface area contributed by atoms with Crippen LogP contribution in [-0.4, -0.2) is 31.1 Å². The molecule has 3 aromatic rings. The zero-order chi connectivity index (χ0) is 12.4. The minimum absolute atomic E-state index is 0.798. The lowest BCUT2D eigenvalue weighted by molar-refractivity contribution is 0.893. The van der Waals surface area contributed by atoms with Crippen LogP contribution in [-0.2, 0) is 6.42 Å². The summed E-state index contributed by atoms with van der Waals surface area (Å²) >= 11 is 0.